The number of nitrogens with two attached hydrogens (primary N) is 1. The highest BCUT2D eigenvalue weighted by atomic mass is 19.3. The highest BCUT2D eigenvalue weighted by molar-refractivity contribution is 6.12. The first-order chi connectivity index (χ1) is 15.8. The van der Waals surface area contributed by atoms with E-state index in [1.165, 1.54) is 18.1 Å². The molecule has 0 radical (unpaired) electrons. The molecular formula is C24H20F3N5O. The van der Waals surface area contributed by atoms with Crippen LogP contribution in [0.4, 0.5) is 13.2 Å². The van der Waals surface area contributed by atoms with Crippen LogP contribution in [0.5, 0.6) is 5.75 Å². The number of pyridine rings is 1. The predicted molar refractivity (Wildman–Crippen MR) is 119 cm³/mol. The van der Waals surface area contributed by atoms with Crippen molar-refractivity contribution in [2.45, 2.75) is 11.5 Å². The first kappa shape index (κ1) is 21.0. The summed E-state index contributed by atoms with van der Waals surface area (Å²) in [6.07, 6.45) is 3.17. The van der Waals surface area contributed by atoms with Crippen LogP contribution in [0.25, 0.3) is 11.1 Å². The number of aromatic nitrogens is 1. The normalized spacial score (nSPS) is 21.3. The van der Waals surface area contributed by atoms with Gasteiger partial charge in [0.1, 0.15) is 23.9 Å². The van der Waals surface area contributed by atoms with Gasteiger partial charge >= 0.3 is 0 Å². The fourth-order valence-corrected chi connectivity index (χ4v) is 4.34. The van der Waals surface area contributed by atoms with Crippen LogP contribution in [0.1, 0.15) is 11.1 Å². The van der Waals surface area contributed by atoms with Gasteiger partial charge in [0.05, 0.1) is 13.7 Å². The minimum Gasteiger partial charge on any atom is -0.497 e. The van der Waals surface area contributed by atoms with Crippen LogP contribution in [-0.2, 0) is 5.54 Å². The van der Waals surface area contributed by atoms with Gasteiger partial charge in [-0.25, -0.2) is 18.2 Å². The minimum atomic E-state index is -3.04. The van der Waals surface area contributed by atoms with Crippen molar-refractivity contribution >= 4 is 11.8 Å². The molecule has 2 N–H and O–H groups in total. The number of nitrogens with zero attached hydrogens (tertiary/aromatic N) is 4. The topological polar surface area (TPSA) is 76.1 Å². The number of ether oxygens (including phenoxy) is 1. The zero-order valence-corrected chi connectivity index (χ0v) is 17.7. The molecule has 0 aliphatic carbocycles. The Bertz CT molecular complexity index is 1280. The van der Waals surface area contributed by atoms with Crippen LogP contribution >= 0.6 is 0 Å². The van der Waals surface area contributed by atoms with Crippen molar-refractivity contribution in [3.8, 4) is 16.9 Å². The standard InChI is InChI=1S/C24H20F3N5O/c1-33-18-11-15(19-4-2-3-5-20(19)25)10-17(12-18)24(16-6-8-29-9-7-16)21-30-13-23(26,27)14-32(21)22(28)31-24/h2-12H,13-14H2,1H3,(H2,28,31). The highest BCUT2D eigenvalue weighted by Gasteiger charge is 2.53. The second-order valence-corrected chi connectivity index (χ2v) is 7.93. The Morgan fingerprint density at radius 1 is 1.03 bits per heavy atom. The van der Waals surface area contributed by atoms with Crippen LogP contribution < -0.4 is 10.5 Å². The fraction of sp³-hybridized carbons (Fsp3) is 0.208. The van der Waals surface area contributed by atoms with Gasteiger partial charge in [0.15, 0.2) is 11.5 Å². The minimum absolute atomic E-state index is 0.0693. The number of amidine groups is 1. The molecular weight excluding hydrogens is 431 g/mol. The summed E-state index contributed by atoms with van der Waals surface area (Å²) >= 11 is 0. The number of fused-ring (bicyclic) bond motifs is 1. The summed E-state index contributed by atoms with van der Waals surface area (Å²) < 4.78 is 48.5. The summed E-state index contributed by atoms with van der Waals surface area (Å²) in [6.45, 7) is -1.31. The molecule has 168 valence electrons. The number of methoxy groups -OCH3 is 1. The average Bonchev–Trinajstić information content (AvgIpc) is 3.11. The molecule has 0 amide bonds. The maximum Gasteiger partial charge on any atom is 0.284 e. The number of aliphatic imine (C=N–C) groups is 2. The van der Waals surface area contributed by atoms with E-state index in [-0.39, 0.29) is 11.8 Å². The summed E-state index contributed by atoms with van der Waals surface area (Å²) in [5.74, 6) is -2.77. The molecule has 1 atom stereocenters. The van der Waals surface area contributed by atoms with Crippen LogP contribution in [0, 0.1) is 5.82 Å². The fourth-order valence-electron chi connectivity index (χ4n) is 4.34. The number of alkyl halides is 2. The molecule has 3 aromatic rings. The number of hydrogen-bond donors (Lipinski definition) is 1. The number of hydrogen-bond acceptors (Lipinski definition) is 6. The number of benzene rings is 2. The lowest BCUT2D eigenvalue weighted by Crippen LogP contribution is -2.53. The molecule has 2 aromatic carbocycles. The summed E-state index contributed by atoms with van der Waals surface area (Å²) in [6, 6.07) is 15.0. The van der Waals surface area contributed by atoms with Gasteiger partial charge in [-0.05, 0) is 53.1 Å². The molecule has 1 aromatic heterocycles. The molecule has 0 saturated heterocycles. The van der Waals surface area contributed by atoms with E-state index in [0.29, 0.717) is 28.0 Å². The van der Waals surface area contributed by atoms with E-state index in [9.17, 15) is 13.2 Å². The highest BCUT2D eigenvalue weighted by Crippen LogP contribution is 2.45. The Morgan fingerprint density at radius 3 is 2.52 bits per heavy atom. The SMILES string of the molecule is COc1cc(-c2ccccc2F)cc(C2(c3ccncc3)N=C(N)N3CC(F)(F)CN=C32)c1. The van der Waals surface area contributed by atoms with E-state index < -0.39 is 30.4 Å². The van der Waals surface area contributed by atoms with Crippen molar-refractivity contribution in [1.82, 2.24) is 9.88 Å². The van der Waals surface area contributed by atoms with Gasteiger partial charge < -0.3 is 10.5 Å². The molecule has 6 nitrogen and oxygen atoms in total. The third kappa shape index (κ3) is 3.40. The predicted octanol–water partition coefficient (Wildman–Crippen LogP) is 3.82. The number of halogens is 3. The third-order valence-corrected chi connectivity index (χ3v) is 5.83. The quantitative estimate of drug-likeness (QED) is 0.655. The smallest absolute Gasteiger partial charge is 0.284 e. The Hall–Kier alpha value is -3.88. The van der Waals surface area contributed by atoms with Crippen molar-refractivity contribution in [2.75, 3.05) is 20.2 Å². The van der Waals surface area contributed by atoms with E-state index in [2.05, 4.69) is 15.0 Å². The van der Waals surface area contributed by atoms with E-state index in [4.69, 9.17) is 10.5 Å². The molecule has 0 spiro atoms. The van der Waals surface area contributed by atoms with Crippen molar-refractivity contribution in [2.24, 2.45) is 15.7 Å². The zero-order chi connectivity index (χ0) is 23.2. The van der Waals surface area contributed by atoms with Gasteiger partial charge in [-0.1, -0.05) is 18.2 Å². The Morgan fingerprint density at radius 2 is 1.79 bits per heavy atom. The lowest BCUT2D eigenvalue weighted by atomic mass is 9.81. The second-order valence-electron chi connectivity index (χ2n) is 7.93. The number of guanidine groups is 1. The summed E-state index contributed by atoms with van der Waals surface area (Å²) in [5.41, 5.74) is 6.95. The van der Waals surface area contributed by atoms with Crippen LogP contribution in [0.2, 0.25) is 0 Å². The van der Waals surface area contributed by atoms with Gasteiger partial charge in [-0.2, -0.15) is 0 Å². The van der Waals surface area contributed by atoms with Crippen molar-refractivity contribution in [3.05, 3.63) is 83.9 Å². The molecule has 2 aliphatic heterocycles. The van der Waals surface area contributed by atoms with Gasteiger partial charge in [0.25, 0.3) is 5.92 Å². The van der Waals surface area contributed by atoms with E-state index in [1.807, 2.05) is 0 Å². The average molecular weight is 451 g/mol. The maximum atomic E-state index is 14.6. The van der Waals surface area contributed by atoms with Crippen LogP contribution in [-0.4, -0.2) is 47.8 Å². The molecule has 1 unspecified atom stereocenters. The van der Waals surface area contributed by atoms with Gasteiger partial charge in [0.2, 0.25) is 0 Å². The maximum absolute atomic E-state index is 14.6. The van der Waals surface area contributed by atoms with Crippen LogP contribution in [0.3, 0.4) is 0 Å². The van der Waals surface area contributed by atoms with Gasteiger partial charge in [0, 0.05) is 18.0 Å². The molecule has 5 rings (SSSR count). The van der Waals surface area contributed by atoms with E-state index in [0.717, 1.165) is 0 Å². The third-order valence-electron chi connectivity index (χ3n) is 5.83. The largest absolute Gasteiger partial charge is 0.497 e. The van der Waals surface area contributed by atoms with E-state index in [1.54, 1.807) is 60.9 Å². The second kappa shape index (κ2) is 7.61. The molecule has 9 heteroatoms. The lowest BCUT2D eigenvalue weighted by Gasteiger charge is -2.35. The van der Waals surface area contributed by atoms with Crippen molar-refractivity contribution in [1.29, 1.82) is 0 Å². The summed E-state index contributed by atoms with van der Waals surface area (Å²) in [5, 5.41) is 0. The summed E-state index contributed by atoms with van der Waals surface area (Å²) in [4.78, 5) is 14.2. The summed E-state index contributed by atoms with van der Waals surface area (Å²) in [7, 11) is 1.50. The molecule has 2 aliphatic rings. The Labute approximate surface area is 188 Å². The van der Waals surface area contributed by atoms with Gasteiger partial charge in [-0.15, -0.1) is 0 Å². The first-order valence-electron chi connectivity index (χ1n) is 10.2. The molecule has 3 heterocycles. The van der Waals surface area contributed by atoms with E-state index >= 15 is 0 Å². The Balaban J connectivity index is 1.80. The van der Waals surface area contributed by atoms with Crippen LogP contribution in [0.15, 0.2) is 77.0 Å². The Kier molecular flexibility index (Phi) is 4.84. The number of rotatable bonds is 4. The molecule has 0 bridgehead atoms. The first-order valence-corrected chi connectivity index (χ1v) is 10.2. The molecule has 0 fully saturated rings. The zero-order valence-electron chi connectivity index (χ0n) is 17.7. The molecule has 0 saturated carbocycles. The lowest BCUT2D eigenvalue weighted by molar-refractivity contribution is -0.00437. The monoisotopic (exact) mass is 451 g/mol. The van der Waals surface area contributed by atoms with Crippen molar-refractivity contribution < 1.29 is 17.9 Å². The van der Waals surface area contributed by atoms with Gasteiger partial charge in [-0.3, -0.25) is 14.9 Å². The molecule has 33 heavy (non-hydrogen) atoms. The van der Waals surface area contributed by atoms with Crippen molar-refractivity contribution in [3.63, 3.8) is 0 Å².